The number of hydrogen-bond donors (Lipinski definition) is 0. The highest BCUT2D eigenvalue weighted by atomic mass is 79.9. The highest BCUT2D eigenvalue weighted by Gasteiger charge is 2.13. The van der Waals surface area contributed by atoms with Crippen LogP contribution in [0.25, 0.3) is 10.6 Å². The van der Waals surface area contributed by atoms with Crippen molar-refractivity contribution < 1.29 is 9.53 Å². The topological polar surface area (TPSA) is 39.2 Å². The molecule has 1 aromatic heterocycles. The Labute approximate surface area is 125 Å². The van der Waals surface area contributed by atoms with Crippen LogP contribution in [0.1, 0.15) is 17.4 Å². The quantitative estimate of drug-likeness (QED) is 0.723. The Kier molecular flexibility index (Phi) is 4.53. The van der Waals surface area contributed by atoms with Crippen LogP contribution in [0.5, 0.6) is 0 Å². The summed E-state index contributed by atoms with van der Waals surface area (Å²) in [6.45, 7) is 2.13. The standard InChI is InChI=1S/C12H9Br2NO2S/c1-2-17-12(16)10-6-18-11(15-10)7-3-4-8(13)9(14)5-7/h3-6H,2H2,1H3. The van der Waals surface area contributed by atoms with Gasteiger partial charge >= 0.3 is 5.97 Å². The molecule has 0 unspecified atom stereocenters. The first-order valence-corrected chi connectivity index (χ1v) is 7.66. The largest absolute Gasteiger partial charge is 0.461 e. The second-order valence-corrected chi connectivity index (χ2v) is 5.95. The lowest BCUT2D eigenvalue weighted by Gasteiger charge is -2.00. The molecular formula is C12H9Br2NO2S. The summed E-state index contributed by atoms with van der Waals surface area (Å²) in [5.74, 6) is -0.379. The molecule has 18 heavy (non-hydrogen) atoms. The van der Waals surface area contributed by atoms with Gasteiger partial charge in [0.15, 0.2) is 5.69 Å². The second-order valence-electron chi connectivity index (χ2n) is 3.39. The van der Waals surface area contributed by atoms with Gasteiger partial charge in [-0.15, -0.1) is 11.3 Å². The lowest BCUT2D eigenvalue weighted by atomic mass is 10.2. The number of thiazole rings is 1. The Morgan fingerprint density at radius 3 is 2.83 bits per heavy atom. The first-order chi connectivity index (χ1) is 8.61. The van der Waals surface area contributed by atoms with Crippen molar-refractivity contribution in [3.05, 3.63) is 38.2 Å². The van der Waals surface area contributed by atoms with Crippen LogP contribution in [-0.4, -0.2) is 17.6 Å². The normalized spacial score (nSPS) is 10.4. The van der Waals surface area contributed by atoms with Crippen LogP contribution in [-0.2, 0) is 4.74 Å². The third-order valence-electron chi connectivity index (χ3n) is 2.16. The average molecular weight is 391 g/mol. The van der Waals surface area contributed by atoms with Crippen LogP contribution in [0.4, 0.5) is 0 Å². The molecule has 3 nitrogen and oxygen atoms in total. The third-order valence-corrected chi connectivity index (χ3v) is 4.93. The monoisotopic (exact) mass is 389 g/mol. The van der Waals surface area contributed by atoms with Gasteiger partial charge in [0.25, 0.3) is 0 Å². The summed E-state index contributed by atoms with van der Waals surface area (Å²) in [5, 5.41) is 2.51. The van der Waals surface area contributed by atoms with E-state index >= 15 is 0 Å². The van der Waals surface area contributed by atoms with Gasteiger partial charge < -0.3 is 4.74 Å². The summed E-state index contributed by atoms with van der Waals surface area (Å²) >= 11 is 8.28. The van der Waals surface area contributed by atoms with E-state index in [2.05, 4.69) is 36.8 Å². The molecule has 1 heterocycles. The van der Waals surface area contributed by atoms with Crippen molar-refractivity contribution >= 4 is 49.2 Å². The number of aromatic nitrogens is 1. The molecule has 0 aliphatic heterocycles. The molecule has 2 aromatic rings. The molecule has 2 rings (SSSR count). The van der Waals surface area contributed by atoms with Crippen molar-refractivity contribution in [3.63, 3.8) is 0 Å². The van der Waals surface area contributed by atoms with Gasteiger partial charge in [-0.05, 0) is 50.9 Å². The molecular weight excluding hydrogens is 382 g/mol. The molecule has 94 valence electrons. The molecule has 6 heteroatoms. The van der Waals surface area contributed by atoms with Crippen LogP contribution in [0.2, 0.25) is 0 Å². The number of halogens is 2. The fourth-order valence-corrected chi connectivity index (χ4v) is 2.75. The van der Waals surface area contributed by atoms with Gasteiger partial charge in [0.05, 0.1) is 6.61 Å². The number of ether oxygens (including phenoxy) is 1. The maximum absolute atomic E-state index is 11.5. The minimum atomic E-state index is -0.379. The number of hydrogen-bond acceptors (Lipinski definition) is 4. The van der Waals surface area contributed by atoms with Crippen molar-refractivity contribution in [2.75, 3.05) is 6.61 Å². The predicted molar refractivity (Wildman–Crippen MR) is 78.9 cm³/mol. The fourth-order valence-electron chi connectivity index (χ4n) is 1.33. The number of carbonyl (C=O) groups is 1. The lowest BCUT2D eigenvalue weighted by molar-refractivity contribution is 0.0520. The van der Waals surface area contributed by atoms with Gasteiger partial charge in [-0.1, -0.05) is 6.07 Å². The molecule has 0 saturated heterocycles. The molecule has 0 saturated carbocycles. The predicted octanol–water partition coefficient (Wildman–Crippen LogP) is 4.51. The van der Waals surface area contributed by atoms with Gasteiger partial charge in [0, 0.05) is 19.9 Å². The first-order valence-electron chi connectivity index (χ1n) is 5.20. The van der Waals surface area contributed by atoms with E-state index in [1.54, 1.807) is 12.3 Å². The zero-order valence-electron chi connectivity index (χ0n) is 9.44. The Morgan fingerprint density at radius 1 is 1.39 bits per heavy atom. The molecule has 0 radical (unpaired) electrons. The Bertz CT molecular complexity index is 583. The van der Waals surface area contributed by atoms with E-state index in [1.165, 1.54) is 11.3 Å². The van der Waals surface area contributed by atoms with Gasteiger partial charge in [0.2, 0.25) is 0 Å². The van der Waals surface area contributed by atoms with E-state index in [4.69, 9.17) is 4.74 Å². The van der Waals surface area contributed by atoms with Crippen LogP contribution in [0, 0.1) is 0 Å². The molecule has 1 aromatic carbocycles. The summed E-state index contributed by atoms with van der Waals surface area (Å²) in [6, 6.07) is 5.84. The van der Waals surface area contributed by atoms with Crippen molar-refractivity contribution in [3.8, 4) is 10.6 Å². The number of rotatable bonds is 3. The maximum Gasteiger partial charge on any atom is 0.357 e. The van der Waals surface area contributed by atoms with E-state index in [0.29, 0.717) is 12.3 Å². The van der Waals surface area contributed by atoms with Crippen LogP contribution in [0.3, 0.4) is 0 Å². The summed E-state index contributed by atoms with van der Waals surface area (Å²) < 4.78 is 6.84. The smallest absolute Gasteiger partial charge is 0.357 e. The van der Waals surface area contributed by atoms with Crippen molar-refractivity contribution in [2.24, 2.45) is 0 Å². The molecule has 0 atom stereocenters. The third kappa shape index (κ3) is 2.99. The zero-order valence-corrected chi connectivity index (χ0v) is 13.4. The summed E-state index contributed by atoms with van der Waals surface area (Å²) in [7, 11) is 0. The molecule has 0 spiro atoms. The van der Waals surface area contributed by atoms with E-state index in [-0.39, 0.29) is 5.97 Å². The zero-order chi connectivity index (χ0) is 13.1. The van der Waals surface area contributed by atoms with Gasteiger partial charge in [0.1, 0.15) is 5.01 Å². The molecule has 0 N–H and O–H groups in total. The molecule has 0 aliphatic rings. The van der Waals surface area contributed by atoms with E-state index < -0.39 is 0 Å². The Hall–Kier alpha value is -0.720. The van der Waals surface area contributed by atoms with Gasteiger partial charge in [-0.25, -0.2) is 9.78 Å². The molecule has 0 fully saturated rings. The van der Waals surface area contributed by atoms with Crippen LogP contribution >= 0.6 is 43.2 Å². The fraction of sp³-hybridized carbons (Fsp3) is 0.167. The summed E-state index contributed by atoms with van der Waals surface area (Å²) in [4.78, 5) is 15.8. The minimum Gasteiger partial charge on any atom is -0.461 e. The Morgan fingerprint density at radius 2 is 2.17 bits per heavy atom. The van der Waals surface area contributed by atoms with Crippen molar-refractivity contribution in [1.29, 1.82) is 0 Å². The number of esters is 1. The van der Waals surface area contributed by atoms with Crippen molar-refractivity contribution in [1.82, 2.24) is 4.98 Å². The molecule has 0 aliphatic carbocycles. The number of nitrogens with zero attached hydrogens (tertiary/aromatic N) is 1. The van der Waals surface area contributed by atoms with E-state index in [1.807, 2.05) is 18.2 Å². The summed E-state index contributed by atoms with van der Waals surface area (Å²) in [5.41, 5.74) is 1.32. The maximum atomic E-state index is 11.5. The van der Waals surface area contributed by atoms with Crippen molar-refractivity contribution in [2.45, 2.75) is 6.92 Å². The van der Waals surface area contributed by atoms with Crippen LogP contribution in [0.15, 0.2) is 32.5 Å². The molecule has 0 bridgehead atoms. The van der Waals surface area contributed by atoms with Gasteiger partial charge in [-0.3, -0.25) is 0 Å². The summed E-state index contributed by atoms with van der Waals surface area (Å²) in [6.07, 6.45) is 0. The number of carbonyl (C=O) groups excluding carboxylic acids is 1. The SMILES string of the molecule is CCOC(=O)c1csc(-c2ccc(Br)c(Br)c2)n1. The van der Waals surface area contributed by atoms with Gasteiger partial charge in [-0.2, -0.15) is 0 Å². The van der Waals surface area contributed by atoms with E-state index in [9.17, 15) is 4.79 Å². The first kappa shape index (κ1) is 13.7. The Balaban J connectivity index is 2.29. The highest BCUT2D eigenvalue weighted by molar-refractivity contribution is 9.13. The second kappa shape index (κ2) is 5.95. The van der Waals surface area contributed by atoms with Crippen LogP contribution < -0.4 is 0 Å². The average Bonchev–Trinajstić information content (AvgIpc) is 2.82. The minimum absolute atomic E-state index is 0.357. The highest BCUT2D eigenvalue weighted by Crippen LogP contribution is 2.30. The van der Waals surface area contributed by atoms with E-state index in [0.717, 1.165) is 19.5 Å². The number of benzene rings is 1. The lowest BCUT2D eigenvalue weighted by Crippen LogP contribution is -2.04. The molecule has 0 amide bonds.